The number of ether oxygens (including phenoxy) is 3. The Morgan fingerprint density at radius 2 is 1.88 bits per heavy atom. The second-order valence-corrected chi connectivity index (χ2v) is 5.96. The van der Waals surface area contributed by atoms with Gasteiger partial charge in [0.25, 0.3) is 0 Å². The highest BCUT2D eigenvalue weighted by molar-refractivity contribution is 6.08. The van der Waals surface area contributed by atoms with Gasteiger partial charge in [0.1, 0.15) is 23.0 Å². The summed E-state index contributed by atoms with van der Waals surface area (Å²) in [5.41, 5.74) is 8.85. The lowest BCUT2D eigenvalue weighted by Crippen LogP contribution is -2.20. The van der Waals surface area contributed by atoms with E-state index in [0.717, 1.165) is 5.52 Å². The van der Waals surface area contributed by atoms with Crippen LogP contribution in [0.2, 0.25) is 0 Å². The van der Waals surface area contributed by atoms with Crippen LogP contribution >= 0.6 is 0 Å². The molecule has 2 heterocycles. The number of methoxy groups -OCH3 is 2. The number of esters is 1. The van der Waals surface area contributed by atoms with E-state index in [-0.39, 0.29) is 11.4 Å². The zero-order valence-corrected chi connectivity index (χ0v) is 15.1. The number of rotatable bonds is 7. The van der Waals surface area contributed by atoms with Crippen molar-refractivity contribution in [3.05, 3.63) is 29.8 Å². The summed E-state index contributed by atoms with van der Waals surface area (Å²) in [5.74, 6) is -0.278. The van der Waals surface area contributed by atoms with E-state index in [4.69, 9.17) is 19.9 Å². The fraction of sp³-hybridized carbons (Fsp3) is 0.389. The number of nitrogens with zero attached hydrogens (tertiary/aromatic N) is 3. The van der Waals surface area contributed by atoms with Gasteiger partial charge in [0.05, 0.1) is 24.2 Å². The number of hydrogen-bond donors (Lipinski definition) is 1. The number of carbonyl (C=O) groups is 1. The summed E-state index contributed by atoms with van der Waals surface area (Å²) in [7, 11) is 3.15. The predicted octanol–water partition coefficient (Wildman–Crippen LogP) is 2.00. The van der Waals surface area contributed by atoms with Crippen LogP contribution in [0.25, 0.3) is 22.2 Å². The SMILES string of the molecule is COCCn1c(N)c(C(=O)O[C@@H](C)COC)c2nc3ccccc3nc21. The molecule has 3 aromatic rings. The molecule has 0 aliphatic rings. The molecule has 3 rings (SSSR count). The van der Waals surface area contributed by atoms with Gasteiger partial charge in [-0.3, -0.25) is 0 Å². The van der Waals surface area contributed by atoms with Crippen LogP contribution in [0.3, 0.4) is 0 Å². The average molecular weight is 358 g/mol. The molecule has 0 aliphatic carbocycles. The molecule has 138 valence electrons. The Morgan fingerprint density at radius 1 is 1.19 bits per heavy atom. The Morgan fingerprint density at radius 3 is 2.54 bits per heavy atom. The van der Waals surface area contributed by atoms with Crippen molar-refractivity contribution in [2.24, 2.45) is 0 Å². The molecule has 26 heavy (non-hydrogen) atoms. The molecular formula is C18H22N4O4. The van der Waals surface area contributed by atoms with Crippen LogP contribution in [0.1, 0.15) is 17.3 Å². The van der Waals surface area contributed by atoms with E-state index >= 15 is 0 Å². The molecule has 0 spiro atoms. The van der Waals surface area contributed by atoms with Crippen LogP contribution in [0.15, 0.2) is 24.3 Å². The molecule has 0 aliphatic heterocycles. The van der Waals surface area contributed by atoms with Gasteiger partial charge in [0.15, 0.2) is 5.65 Å². The molecule has 2 aromatic heterocycles. The summed E-state index contributed by atoms with van der Waals surface area (Å²) in [6.07, 6.45) is -0.405. The van der Waals surface area contributed by atoms with E-state index in [1.54, 1.807) is 25.7 Å². The van der Waals surface area contributed by atoms with Crippen LogP contribution in [-0.2, 0) is 20.8 Å². The van der Waals surface area contributed by atoms with Crippen LogP contribution in [0, 0.1) is 0 Å². The zero-order chi connectivity index (χ0) is 18.7. The van der Waals surface area contributed by atoms with E-state index in [9.17, 15) is 4.79 Å². The molecular weight excluding hydrogens is 336 g/mol. The molecule has 1 atom stereocenters. The molecule has 8 nitrogen and oxygen atoms in total. The van der Waals surface area contributed by atoms with E-state index in [1.807, 2.05) is 24.3 Å². The van der Waals surface area contributed by atoms with E-state index in [2.05, 4.69) is 9.97 Å². The van der Waals surface area contributed by atoms with Gasteiger partial charge in [-0.2, -0.15) is 0 Å². The van der Waals surface area contributed by atoms with Crippen LogP contribution in [-0.4, -0.2) is 54.0 Å². The third-order valence-electron chi connectivity index (χ3n) is 4.02. The number of nitrogens with two attached hydrogens (primary N) is 1. The third kappa shape index (κ3) is 3.33. The normalized spacial score (nSPS) is 12.6. The second-order valence-electron chi connectivity index (χ2n) is 5.96. The smallest absolute Gasteiger partial charge is 0.344 e. The van der Waals surface area contributed by atoms with Crippen LogP contribution in [0.4, 0.5) is 5.82 Å². The van der Waals surface area contributed by atoms with Gasteiger partial charge in [-0.25, -0.2) is 14.8 Å². The van der Waals surface area contributed by atoms with Crippen molar-refractivity contribution in [1.82, 2.24) is 14.5 Å². The lowest BCUT2D eigenvalue weighted by molar-refractivity contribution is 0.0123. The lowest BCUT2D eigenvalue weighted by atomic mass is 10.2. The number of para-hydroxylation sites is 2. The first-order valence-electron chi connectivity index (χ1n) is 8.30. The maximum atomic E-state index is 12.7. The summed E-state index contributed by atoms with van der Waals surface area (Å²) in [6.45, 7) is 2.93. The Labute approximate surface area is 150 Å². The summed E-state index contributed by atoms with van der Waals surface area (Å²) < 4.78 is 17.3. The highest BCUT2D eigenvalue weighted by Gasteiger charge is 2.26. The summed E-state index contributed by atoms with van der Waals surface area (Å²) >= 11 is 0. The lowest BCUT2D eigenvalue weighted by Gasteiger charge is -2.12. The first kappa shape index (κ1) is 18.1. The summed E-state index contributed by atoms with van der Waals surface area (Å²) in [5, 5.41) is 0. The molecule has 0 saturated carbocycles. The summed E-state index contributed by atoms with van der Waals surface area (Å²) in [6, 6.07) is 7.46. The van der Waals surface area contributed by atoms with Gasteiger partial charge >= 0.3 is 5.97 Å². The Bertz CT molecular complexity index is 938. The molecule has 1 aromatic carbocycles. The quantitative estimate of drug-likeness (QED) is 0.645. The molecule has 0 amide bonds. The van der Waals surface area contributed by atoms with Crippen molar-refractivity contribution < 1.29 is 19.0 Å². The Balaban J connectivity index is 2.15. The zero-order valence-electron chi connectivity index (χ0n) is 15.1. The van der Waals surface area contributed by atoms with Crippen molar-refractivity contribution in [2.45, 2.75) is 19.6 Å². The highest BCUT2D eigenvalue weighted by atomic mass is 16.6. The standard InChI is InChI=1S/C18H22N4O4/c1-11(10-25-3)26-18(23)14-15-17(22(16(14)19)8-9-24-2)21-13-7-5-4-6-12(13)20-15/h4-7,11H,8-10,19H2,1-3H3/t11-/m0/s1. The maximum Gasteiger partial charge on any atom is 0.344 e. The maximum absolute atomic E-state index is 12.7. The topological polar surface area (TPSA) is 101 Å². The van der Waals surface area contributed by atoms with Crippen LogP contribution < -0.4 is 5.73 Å². The number of carbonyl (C=O) groups excluding carboxylic acids is 1. The number of benzene rings is 1. The number of fused-ring (bicyclic) bond motifs is 2. The minimum Gasteiger partial charge on any atom is -0.456 e. The van der Waals surface area contributed by atoms with Crippen molar-refractivity contribution >= 4 is 34.0 Å². The van der Waals surface area contributed by atoms with Gasteiger partial charge in [0, 0.05) is 20.8 Å². The van der Waals surface area contributed by atoms with Gasteiger partial charge in [-0.1, -0.05) is 12.1 Å². The minimum atomic E-state index is -0.544. The number of nitrogen functional groups attached to an aromatic ring is 1. The first-order valence-corrected chi connectivity index (χ1v) is 8.30. The van der Waals surface area contributed by atoms with Gasteiger partial charge in [-0.15, -0.1) is 0 Å². The van der Waals surface area contributed by atoms with Crippen molar-refractivity contribution in [3.63, 3.8) is 0 Å². The molecule has 2 N–H and O–H groups in total. The predicted molar refractivity (Wildman–Crippen MR) is 98.1 cm³/mol. The average Bonchev–Trinajstić information content (AvgIpc) is 2.88. The molecule has 0 bridgehead atoms. The molecule has 0 saturated heterocycles. The Hall–Kier alpha value is -2.71. The van der Waals surface area contributed by atoms with Crippen molar-refractivity contribution in [2.75, 3.05) is 33.2 Å². The van der Waals surface area contributed by atoms with Gasteiger partial charge in [-0.05, 0) is 19.1 Å². The monoisotopic (exact) mass is 358 g/mol. The fourth-order valence-corrected chi connectivity index (χ4v) is 2.84. The van der Waals surface area contributed by atoms with E-state index < -0.39 is 12.1 Å². The van der Waals surface area contributed by atoms with E-state index in [0.29, 0.717) is 36.4 Å². The fourth-order valence-electron chi connectivity index (χ4n) is 2.84. The Kier molecular flexibility index (Phi) is 5.34. The van der Waals surface area contributed by atoms with Crippen molar-refractivity contribution in [3.8, 4) is 0 Å². The molecule has 8 heteroatoms. The summed E-state index contributed by atoms with van der Waals surface area (Å²) in [4.78, 5) is 22.0. The number of anilines is 1. The van der Waals surface area contributed by atoms with Crippen molar-refractivity contribution in [1.29, 1.82) is 0 Å². The number of hydrogen-bond acceptors (Lipinski definition) is 7. The third-order valence-corrected chi connectivity index (χ3v) is 4.02. The van der Waals surface area contributed by atoms with E-state index in [1.165, 1.54) is 0 Å². The molecule has 0 unspecified atom stereocenters. The molecule has 0 radical (unpaired) electrons. The first-order chi connectivity index (χ1) is 12.6. The molecule has 0 fully saturated rings. The van der Waals surface area contributed by atoms with Gasteiger partial charge in [0.2, 0.25) is 0 Å². The van der Waals surface area contributed by atoms with Gasteiger partial charge < -0.3 is 24.5 Å². The number of aromatic nitrogens is 3. The largest absolute Gasteiger partial charge is 0.456 e. The minimum absolute atomic E-state index is 0.220. The second kappa shape index (κ2) is 7.67. The highest BCUT2D eigenvalue weighted by Crippen LogP contribution is 2.28. The van der Waals surface area contributed by atoms with Crippen LogP contribution in [0.5, 0.6) is 0 Å².